The Kier molecular flexibility index (Phi) is 19.4. The van der Waals surface area contributed by atoms with Crippen molar-refractivity contribution < 1.29 is 48.8 Å². The van der Waals surface area contributed by atoms with Crippen LogP contribution >= 0.6 is 0 Å². The normalized spacial score (nSPS) is 11.8. The number of aliphatic hydroxyl groups excluding tert-OH is 1. The number of aliphatic hydroxyl groups is 1. The first-order valence-corrected chi connectivity index (χ1v) is 15.1. The molecule has 2 amide bonds. The van der Waals surface area contributed by atoms with Gasteiger partial charge in [-0.05, 0) is 107 Å². The van der Waals surface area contributed by atoms with E-state index in [9.17, 15) is 29.1 Å². The monoisotopic (exact) mass is 656 g/mol. The zero-order valence-electron chi connectivity index (χ0n) is 28.4. The van der Waals surface area contributed by atoms with Crippen molar-refractivity contribution in [2.24, 2.45) is 0 Å². The topological polar surface area (TPSA) is 189 Å². The summed E-state index contributed by atoms with van der Waals surface area (Å²) in [6.45, 7) is 13.6. The highest BCUT2D eigenvalue weighted by Gasteiger charge is 2.17. The van der Waals surface area contributed by atoms with Gasteiger partial charge in [0.1, 0.15) is 5.60 Å². The summed E-state index contributed by atoms with van der Waals surface area (Å²) in [4.78, 5) is 56.3. The molecule has 1 unspecified atom stereocenters. The molecule has 0 bridgehead atoms. The molecule has 1 atom stereocenters. The van der Waals surface area contributed by atoms with Crippen molar-refractivity contribution in [3.05, 3.63) is 94.1 Å². The molecule has 12 nitrogen and oxygen atoms in total. The molecular weight excluding hydrogens is 608 g/mol. The van der Waals surface area contributed by atoms with Crippen molar-refractivity contribution >= 4 is 29.9 Å². The zero-order valence-corrected chi connectivity index (χ0v) is 28.4. The van der Waals surface area contributed by atoms with Gasteiger partial charge >= 0.3 is 24.0 Å². The van der Waals surface area contributed by atoms with Crippen LogP contribution in [0.4, 0.5) is 4.79 Å². The molecule has 0 aromatic heterocycles. The van der Waals surface area contributed by atoms with Crippen molar-refractivity contribution in [3.63, 3.8) is 0 Å². The van der Waals surface area contributed by atoms with Crippen LogP contribution in [0, 0.1) is 0 Å². The first kappa shape index (κ1) is 42.0. The van der Waals surface area contributed by atoms with E-state index < -0.39 is 35.7 Å². The molecule has 47 heavy (non-hydrogen) atoms. The molecule has 0 aliphatic carbocycles. The van der Waals surface area contributed by atoms with Crippen molar-refractivity contribution in [1.82, 2.24) is 10.6 Å². The molecule has 12 heteroatoms. The number of methoxy groups -OCH3 is 1. The summed E-state index contributed by atoms with van der Waals surface area (Å²) in [7, 11) is 1.29. The minimum absolute atomic E-state index is 0.0833. The predicted molar refractivity (Wildman–Crippen MR) is 179 cm³/mol. The second-order valence-corrected chi connectivity index (χ2v) is 10.6. The number of alkyl carbamates (subject to hydrolysis) is 1. The number of carbonyl (C=O) groups is 5. The van der Waals surface area contributed by atoms with E-state index >= 15 is 0 Å². The highest BCUT2D eigenvalue weighted by Crippen LogP contribution is 2.17. The van der Waals surface area contributed by atoms with Gasteiger partial charge in [0.25, 0.3) is 5.91 Å². The Labute approximate surface area is 276 Å². The van der Waals surface area contributed by atoms with Crippen LogP contribution in [-0.2, 0) is 9.47 Å². The maximum atomic E-state index is 12.3. The van der Waals surface area contributed by atoms with Gasteiger partial charge in [-0.2, -0.15) is 0 Å². The Bertz CT molecular complexity index is 1340. The molecule has 2 aromatic carbocycles. The van der Waals surface area contributed by atoms with Gasteiger partial charge in [-0.15, -0.1) is 0 Å². The first-order valence-electron chi connectivity index (χ1n) is 15.1. The van der Waals surface area contributed by atoms with Crippen LogP contribution in [0.3, 0.4) is 0 Å². The van der Waals surface area contributed by atoms with E-state index in [1.54, 1.807) is 20.8 Å². The fraction of sp³-hybridized carbons (Fsp3) is 0.400. The molecular formula is C35H48N2O10. The third-order valence-corrected chi connectivity index (χ3v) is 6.12. The Morgan fingerprint density at radius 1 is 0.766 bits per heavy atom. The number of nitrogens with one attached hydrogen (secondary N) is 2. The number of rotatable bonds is 12. The molecule has 258 valence electrons. The standard InChI is InChI=1S/C25H36N2O6.C8H6O4.C2H6/c1-7-17(18(8-2)15-27-24(31)33-25(3,4)5)13-14-21(28)16-26-22(29)19-9-11-20(12-10-19)23(30)32-6;9-7(10)5-1-2-6(4-3-5)8(11)12;1-2/h7-12,21,28H,13-16H2,1-6H3,(H,26,29)(H,27,31);1-4H,(H,9,10)(H,11,12);1-2H3/b17-7-,18-8-;;. The summed E-state index contributed by atoms with van der Waals surface area (Å²) in [6, 6.07) is 11.1. The maximum Gasteiger partial charge on any atom is 0.407 e. The van der Waals surface area contributed by atoms with Crippen LogP contribution in [0.25, 0.3) is 0 Å². The average molecular weight is 657 g/mol. The van der Waals surface area contributed by atoms with Crippen LogP contribution < -0.4 is 10.6 Å². The lowest BCUT2D eigenvalue weighted by Gasteiger charge is -2.21. The van der Waals surface area contributed by atoms with E-state index in [0.717, 1.165) is 11.1 Å². The Balaban J connectivity index is 0.00000125. The molecule has 0 saturated heterocycles. The fourth-order valence-electron chi connectivity index (χ4n) is 3.74. The quantitative estimate of drug-likeness (QED) is 0.136. The summed E-state index contributed by atoms with van der Waals surface area (Å²) in [5.41, 5.74) is 2.27. The largest absolute Gasteiger partial charge is 0.478 e. The lowest BCUT2D eigenvalue weighted by Crippen LogP contribution is -2.34. The summed E-state index contributed by atoms with van der Waals surface area (Å²) >= 11 is 0. The molecule has 0 aliphatic heterocycles. The van der Waals surface area contributed by atoms with E-state index in [1.807, 2.05) is 39.8 Å². The van der Waals surface area contributed by atoms with Gasteiger partial charge in [-0.1, -0.05) is 26.0 Å². The van der Waals surface area contributed by atoms with Gasteiger partial charge in [0.05, 0.1) is 29.9 Å². The molecule has 0 spiro atoms. The average Bonchev–Trinajstić information content (AvgIpc) is 3.05. The number of hydrogen-bond acceptors (Lipinski definition) is 8. The Morgan fingerprint density at radius 3 is 1.62 bits per heavy atom. The van der Waals surface area contributed by atoms with E-state index in [-0.39, 0.29) is 23.6 Å². The summed E-state index contributed by atoms with van der Waals surface area (Å²) in [5, 5.41) is 32.7. The van der Waals surface area contributed by atoms with Crippen LogP contribution in [0.1, 0.15) is 103 Å². The summed E-state index contributed by atoms with van der Waals surface area (Å²) in [5.74, 6) is -2.94. The predicted octanol–water partition coefficient (Wildman–Crippen LogP) is 5.87. The third kappa shape index (κ3) is 16.8. The number of esters is 1. The number of allylic oxidation sites excluding steroid dienone is 2. The lowest BCUT2D eigenvalue weighted by molar-refractivity contribution is 0.0530. The summed E-state index contributed by atoms with van der Waals surface area (Å²) < 4.78 is 9.89. The number of carbonyl (C=O) groups excluding carboxylic acids is 3. The van der Waals surface area contributed by atoms with Crippen LogP contribution in [-0.4, -0.2) is 77.1 Å². The van der Waals surface area contributed by atoms with E-state index in [2.05, 4.69) is 15.4 Å². The highest BCUT2D eigenvalue weighted by molar-refractivity contribution is 5.96. The van der Waals surface area contributed by atoms with Gasteiger partial charge < -0.3 is 35.4 Å². The third-order valence-electron chi connectivity index (χ3n) is 6.12. The molecule has 0 radical (unpaired) electrons. The molecule has 0 aliphatic rings. The molecule has 5 N–H and O–H groups in total. The second kappa shape index (κ2) is 21.7. The van der Waals surface area contributed by atoms with E-state index in [1.165, 1.54) is 55.6 Å². The van der Waals surface area contributed by atoms with Crippen LogP contribution in [0.15, 0.2) is 71.8 Å². The number of amides is 2. The number of aromatic carboxylic acids is 2. The van der Waals surface area contributed by atoms with Gasteiger partial charge in [0.15, 0.2) is 0 Å². The lowest BCUT2D eigenvalue weighted by atomic mass is 9.98. The number of hydrogen-bond donors (Lipinski definition) is 5. The Hall–Kier alpha value is -4.97. The zero-order chi connectivity index (χ0) is 36.2. The number of benzene rings is 2. The molecule has 0 heterocycles. The SMILES string of the molecule is C/C=C(CCC(O)CNC(=O)c1ccc(C(=O)OC)cc1)\C(=C/C)CNC(=O)OC(C)(C)C.CC.O=C(O)c1ccc(C(=O)O)cc1. The molecule has 0 saturated carbocycles. The second-order valence-electron chi connectivity index (χ2n) is 10.6. The van der Waals surface area contributed by atoms with Crippen molar-refractivity contribution in [2.45, 2.75) is 73.0 Å². The van der Waals surface area contributed by atoms with Gasteiger partial charge in [-0.25, -0.2) is 19.2 Å². The van der Waals surface area contributed by atoms with Crippen LogP contribution in [0.2, 0.25) is 0 Å². The van der Waals surface area contributed by atoms with Gasteiger partial charge in [0, 0.05) is 18.7 Å². The molecule has 0 fully saturated rings. The first-order chi connectivity index (χ1) is 22.1. The Morgan fingerprint density at radius 2 is 1.21 bits per heavy atom. The van der Waals surface area contributed by atoms with E-state index in [0.29, 0.717) is 30.5 Å². The van der Waals surface area contributed by atoms with Crippen LogP contribution in [0.5, 0.6) is 0 Å². The van der Waals surface area contributed by atoms with Crippen molar-refractivity contribution in [3.8, 4) is 0 Å². The van der Waals surface area contributed by atoms with Crippen molar-refractivity contribution in [1.29, 1.82) is 0 Å². The highest BCUT2D eigenvalue weighted by atomic mass is 16.6. The number of carboxylic acid groups (broad SMARTS) is 2. The maximum absolute atomic E-state index is 12.3. The van der Waals surface area contributed by atoms with Gasteiger partial charge in [0.2, 0.25) is 0 Å². The number of ether oxygens (including phenoxy) is 2. The smallest absolute Gasteiger partial charge is 0.407 e. The molecule has 2 aromatic rings. The van der Waals surface area contributed by atoms with Crippen molar-refractivity contribution in [2.75, 3.05) is 20.2 Å². The van der Waals surface area contributed by atoms with Gasteiger partial charge in [-0.3, -0.25) is 4.79 Å². The summed E-state index contributed by atoms with van der Waals surface area (Å²) in [6.07, 6.45) is 3.65. The minimum atomic E-state index is -1.06. The molecule has 2 rings (SSSR count). The minimum Gasteiger partial charge on any atom is -0.478 e. The van der Waals surface area contributed by atoms with E-state index in [4.69, 9.17) is 14.9 Å². The fourth-order valence-corrected chi connectivity index (χ4v) is 3.74. The number of carboxylic acids is 2.